The zero-order valence-corrected chi connectivity index (χ0v) is 16.5. The van der Waals surface area contributed by atoms with Gasteiger partial charge in [-0.3, -0.25) is 4.99 Å². The lowest BCUT2D eigenvalue weighted by Crippen LogP contribution is -2.65. The minimum Gasteiger partial charge on any atom is -0.389 e. The second-order valence-corrected chi connectivity index (χ2v) is 8.17. The molecule has 3 rings (SSSR count). The second kappa shape index (κ2) is 9.38. The van der Waals surface area contributed by atoms with Crippen molar-refractivity contribution in [3.8, 4) is 0 Å². The van der Waals surface area contributed by atoms with Gasteiger partial charge in [0.15, 0.2) is 5.96 Å². The van der Waals surface area contributed by atoms with Crippen LogP contribution in [0.25, 0.3) is 0 Å². The van der Waals surface area contributed by atoms with Crippen LogP contribution in [-0.2, 0) is 9.47 Å². The summed E-state index contributed by atoms with van der Waals surface area (Å²) in [5.41, 5.74) is 0.276. The molecule has 0 amide bonds. The van der Waals surface area contributed by atoms with E-state index in [9.17, 15) is 5.11 Å². The smallest absolute Gasteiger partial charge is 0.191 e. The summed E-state index contributed by atoms with van der Waals surface area (Å²) in [6, 6.07) is 0.419. The van der Waals surface area contributed by atoms with Crippen LogP contribution in [0.2, 0.25) is 0 Å². The van der Waals surface area contributed by atoms with Crippen molar-refractivity contribution >= 4 is 5.96 Å². The van der Waals surface area contributed by atoms with E-state index in [4.69, 9.17) is 9.47 Å². The molecule has 3 N–H and O–H groups in total. The van der Waals surface area contributed by atoms with Gasteiger partial charge in [0, 0.05) is 31.2 Å². The lowest BCUT2D eigenvalue weighted by molar-refractivity contribution is -0.125. The zero-order chi connectivity index (χ0) is 18.4. The molecule has 0 aromatic rings. The second-order valence-electron chi connectivity index (χ2n) is 8.17. The zero-order valence-electron chi connectivity index (χ0n) is 16.5. The van der Waals surface area contributed by atoms with E-state index in [0.717, 1.165) is 38.1 Å². The molecule has 0 aromatic carbocycles. The fraction of sp³-hybridized carbons (Fsp3) is 0.950. The molecule has 0 saturated heterocycles. The number of aliphatic hydroxyl groups is 1. The first-order valence-corrected chi connectivity index (χ1v) is 10.6. The fourth-order valence-electron chi connectivity index (χ4n) is 4.48. The van der Waals surface area contributed by atoms with E-state index in [1.165, 1.54) is 38.5 Å². The molecule has 6 nitrogen and oxygen atoms in total. The maximum atomic E-state index is 10.1. The van der Waals surface area contributed by atoms with Crippen molar-refractivity contribution in [1.29, 1.82) is 0 Å². The highest BCUT2D eigenvalue weighted by molar-refractivity contribution is 5.80. The largest absolute Gasteiger partial charge is 0.389 e. The maximum absolute atomic E-state index is 10.1. The predicted molar refractivity (Wildman–Crippen MR) is 103 cm³/mol. The van der Waals surface area contributed by atoms with Gasteiger partial charge >= 0.3 is 0 Å². The molecule has 0 aliphatic heterocycles. The predicted octanol–water partition coefficient (Wildman–Crippen LogP) is 2.07. The molecule has 3 aliphatic carbocycles. The molecule has 3 unspecified atom stereocenters. The van der Waals surface area contributed by atoms with Gasteiger partial charge in [-0.15, -0.1) is 0 Å². The summed E-state index contributed by atoms with van der Waals surface area (Å²) >= 11 is 0. The molecule has 3 aliphatic rings. The molecule has 26 heavy (non-hydrogen) atoms. The summed E-state index contributed by atoms with van der Waals surface area (Å²) in [7, 11) is 0. The van der Waals surface area contributed by atoms with Crippen molar-refractivity contribution in [2.45, 2.75) is 77.0 Å². The average molecular weight is 368 g/mol. The lowest BCUT2D eigenvalue weighted by Gasteiger charge is -2.54. The number of hydrogen-bond acceptors (Lipinski definition) is 4. The van der Waals surface area contributed by atoms with Crippen molar-refractivity contribution in [3.63, 3.8) is 0 Å². The normalized spacial score (nSPS) is 28.8. The standard InChI is InChI=1S/C20H37N3O3/c1-3-21-19(22-12-16(24)14-25-13-15-7-8-15)23-17-11-18(26-4-2)20(17)9-5-6-10-20/h15-18,24H,3-14H2,1-2H3,(H2,21,22,23). The van der Waals surface area contributed by atoms with Crippen molar-refractivity contribution in [2.75, 3.05) is 32.9 Å². The van der Waals surface area contributed by atoms with Gasteiger partial charge in [0.25, 0.3) is 0 Å². The van der Waals surface area contributed by atoms with Crippen LogP contribution >= 0.6 is 0 Å². The van der Waals surface area contributed by atoms with Gasteiger partial charge in [-0.2, -0.15) is 0 Å². The van der Waals surface area contributed by atoms with E-state index >= 15 is 0 Å². The van der Waals surface area contributed by atoms with Crippen LogP contribution in [0.15, 0.2) is 4.99 Å². The van der Waals surface area contributed by atoms with Crippen molar-refractivity contribution in [1.82, 2.24) is 10.6 Å². The molecular formula is C20H37N3O3. The highest BCUT2D eigenvalue weighted by atomic mass is 16.5. The minimum absolute atomic E-state index is 0.276. The molecule has 0 heterocycles. The molecule has 0 aromatic heterocycles. The van der Waals surface area contributed by atoms with Crippen molar-refractivity contribution in [2.24, 2.45) is 16.3 Å². The van der Waals surface area contributed by atoms with Crippen LogP contribution in [0.3, 0.4) is 0 Å². The van der Waals surface area contributed by atoms with Gasteiger partial charge in [-0.05, 0) is 51.9 Å². The molecule has 0 bridgehead atoms. The summed E-state index contributed by atoms with van der Waals surface area (Å²) < 4.78 is 11.6. The molecule has 150 valence electrons. The van der Waals surface area contributed by atoms with Crippen LogP contribution in [0.4, 0.5) is 0 Å². The number of aliphatic hydroxyl groups excluding tert-OH is 1. The van der Waals surface area contributed by atoms with E-state index in [-0.39, 0.29) is 5.41 Å². The summed E-state index contributed by atoms with van der Waals surface area (Å²) in [6.07, 6.45) is 8.52. The first kappa shape index (κ1) is 19.9. The number of rotatable bonds is 10. The Labute approximate surface area is 158 Å². The Bertz CT molecular complexity index is 461. The highest BCUT2D eigenvalue weighted by Gasteiger charge is 2.56. The van der Waals surface area contributed by atoms with Crippen LogP contribution < -0.4 is 10.6 Å². The Kier molecular flexibility index (Phi) is 7.18. The molecule has 3 atom stereocenters. The number of nitrogens with one attached hydrogen (secondary N) is 2. The van der Waals surface area contributed by atoms with Crippen LogP contribution in [0.5, 0.6) is 0 Å². The number of aliphatic imine (C=N–C) groups is 1. The van der Waals surface area contributed by atoms with Gasteiger partial charge in [-0.25, -0.2) is 0 Å². The van der Waals surface area contributed by atoms with Gasteiger partial charge < -0.3 is 25.2 Å². The molecule has 0 radical (unpaired) electrons. The van der Waals surface area contributed by atoms with E-state index in [1.807, 2.05) is 0 Å². The van der Waals surface area contributed by atoms with Crippen LogP contribution in [0, 0.1) is 11.3 Å². The van der Waals surface area contributed by atoms with Gasteiger partial charge in [-0.1, -0.05) is 12.8 Å². The third-order valence-corrected chi connectivity index (χ3v) is 6.16. The first-order chi connectivity index (χ1) is 12.7. The Morgan fingerprint density at radius 1 is 1.27 bits per heavy atom. The quantitative estimate of drug-likeness (QED) is 0.407. The Hall–Kier alpha value is -0.850. The molecule has 1 spiro atoms. The van der Waals surface area contributed by atoms with E-state index in [1.54, 1.807) is 0 Å². The monoisotopic (exact) mass is 367 g/mol. The fourth-order valence-corrected chi connectivity index (χ4v) is 4.48. The molecule has 6 heteroatoms. The van der Waals surface area contributed by atoms with Gasteiger partial charge in [0.2, 0.25) is 0 Å². The summed E-state index contributed by atoms with van der Waals surface area (Å²) in [6.45, 7) is 7.29. The number of nitrogens with zero attached hydrogens (tertiary/aromatic N) is 1. The Morgan fingerprint density at radius 3 is 2.69 bits per heavy atom. The van der Waals surface area contributed by atoms with Crippen LogP contribution in [0.1, 0.15) is 58.8 Å². The molecular weight excluding hydrogens is 330 g/mol. The molecule has 3 fully saturated rings. The summed E-state index contributed by atoms with van der Waals surface area (Å²) in [5.74, 6) is 1.53. The Balaban J connectivity index is 1.48. The van der Waals surface area contributed by atoms with Crippen molar-refractivity contribution in [3.05, 3.63) is 0 Å². The average Bonchev–Trinajstić information content (AvgIpc) is 3.29. The first-order valence-electron chi connectivity index (χ1n) is 10.6. The van der Waals surface area contributed by atoms with E-state index < -0.39 is 6.10 Å². The minimum atomic E-state index is -0.540. The van der Waals surface area contributed by atoms with E-state index in [2.05, 4.69) is 29.5 Å². The highest BCUT2D eigenvalue weighted by Crippen LogP contribution is 2.54. The van der Waals surface area contributed by atoms with E-state index in [0.29, 0.717) is 25.3 Å². The van der Waals surface area contributed by atoms with Crippen molar-refractivity contribution < 1.29 is 14.6 Å². The Morgan fingerprint density at radius 2 is 2.04 bits per heavy atom. The van der Waals surface area contributed by atoms with Gasteiger partial charge in [0.1, 0.15) is 0 Å². The summed E-state index contributed by atoms with van der Waals surface area (Å²) in [4.78, 5) is 4.60. The number of ether oxygens (including phenoxy) is 2. The number of guanidine groups is 1. The molecule has 3 saturated carbocycles. The van der Waals surface area contributed by atoms with Crippen LogP contribution in [-0.4, -0.2) is 62.2 Å². The third kappa shape index (κ3) is 4.90. The third-order valence-electron chi connectivity index (χ3n) is 6.16. The topological polar surface area (TPSA) is 75.1 Å². The summed E-state index contributed by atoms with van der Waals surface area (Å²) in [5, 5.41) is 17.1. The maximum Gasteiger partial charge on any atom is 0.191 e. The SMILES string of the molecule is CCNC(=NCC(O)COCC1CC1)NC1CC(OCC)C12CCCC2. The lowest BCUT2D eigenvalue weighted by atomic mass is 9.60. The number of hydrogen-bond donors (Lipinski definition) is 3. The van der Waals surface area contributed by atoms with Gasteiger partial charge in [0.05, 0.1) is 25.4 Å².